The van der Waals surface area contributed by atoms with Crippen LogP contribution in [-0.4, -0.2) is 77.5 Å². The number of hydrogen-bond donors (Lipinski definition) is 3. The molecule has 2 aromatic rings. The van der Waals surface area contributed by atoms with Gasteiger partial charge in [-0.3, -0.25) is 4.72 Å². The minimum absolute atomic E-state index is 0.215. The van der Waals surface area contributed by atoms with Crippen molar-refractivity contribution in [2.75, 3.05) is 46.5 Å². The Morgan fingerprint density at radius 2 is 1.91 bits per heavy atom. The van der Waals surface area contributed by atoms with Gasteiger partial charge in [0, 0.05) is 51.3 Å². The monoisotopic (exact) mass is 524 g/mol. The SMILES string of the molecule is CNS(=O)(=O)Nc1cccc(CC2=C(CN(C)C)c3ccc(OC(=O)N(C)C)cc3OC2O)c1Cl. The molecule has 0 saturated heterocycles. The van der Waals surface area contributed by atoms with Gasteiger partial charge in [0.25, 0.3) is 10.2 Å². The third-order valence-electron chi connectivity index (χ3n) is 5.22. The third-order valence-corrected chi connectivity index (χ3v) is 6.69. The van der Waals surface area contributed by atoms with Crippen molar-refractivity contribution in [1.82, 2.24) is 14.5 Å². The fourth-order valence-corrected chi connectivity index (χ4v) is 4.37. The molecule has 3 N–H and O–H groups in total. The summed E-state index contributed by atoms with van der Waals surface area (Å²) in [6.07, 6.45) is -1.60. The van der Waals surface area contributed by atoms with Crippen molar-refractivity contribution >= 4 is 39.2 Å². The van der Waals surface area contributed by atoms with Gasteiger partial charge < -0.3 is 24.4 Å². The molecule has 35 heavy (non-hydrogen) atoms. The molecule has 1 atom stereocenters. The number of rotatable bonds is 8. The van der Waals surface area contributed by atoms with E-state index in [2.05, 4.69) is 9.44 Å². The van der Waals surface area contributed by atoms with Crippen LogP contribution < -0.4 is 18.9 Å². The quantitative estimate of drug-likeness (QED) is 0.485. The second-order valence-electron chi connectivity index (χ2n) is 8.40. The predicted molar refractivity (Wildman–Crippen MR) is 135 cm³/mol. The number of carbonyl (C=O) groups is 1. The van der Waals surface area contributed by atoms with Gasteiger partial charge in [-0.15, -0.1) is 0 Å². The van der Waals surface area contributed by atoms with Crippen LogP contribution in [0.25, 0.3) is 5.57 Å². The van der Waals surface area contributed by atoms with Crippen LogP contribution in [0.5, 0.6) is 11.5 Å². The number of nitrogens with zero attached hydrogens (tertiary/aromatic N) is 2. The number of amides is 1. The lowest BCUT2D eigenvalue weighted by molar-refractivity contribution is 0.0100. The summed E-state index contributed by atoms with van der Waals surface area (Å²) < 4.78 is 39.5. The molecule has 3 rings (SSSR count). The second kappa shape index (κ2) is 10.8. The summed E-state index contributed by atoms with van der Waals surface area (Å²) in [6.45, 7) is 0.489. The summed E-state index contributed by atoms with van der Waals surface area (Å²) in [5.41, 5.74) is 2.97. The highest BCUT2D eigenvalue weighted by atomic mass is 35.5. The standard InChI is InChI=1S/C23H29ClN4O6S/c1-25-35(31,32)26-19-8-6-7-14(21(19)24)11-17-18(13-27(2)3)16-10-9-15(33-23(30)28(4)5)12-20(16)34-22(17)29/h6-10,12,22,25-26,29H,11,13H2,1-5H3. The molecule has 0 aromatic heterocycles. The van der Waals surface area contributed by atoms with Gasteiger partial charge in [-0.05, 0) is 43.4 Å². The molecule has 1 heterocycles. The second-order valence-corrected chi connectivity index (χ2v) is 10.4. The molecule has 0 radical (unpaired) electrons. The molecule has 1 aliphatic heterocycles. The highest BCUT2D eigenvalue weighted by molar-refractivity contribution is 7.90. The highest BCUT2D eigenvalue weighted by Crippen LogP contribution is 2.40. The lowest BCUT2D eigenvalue weighted by Gasteiger charge is -2.30. The fraction of sp³-hybridized carbons (Fsp3) is 0.348. The maximum absolute atomic E-state index is 11.9. The van der Waals surface area contributed by atoms with E-state index in [1.54, 1.807) is 50.5 Å². The predicted octanol–water partition coefficient (Wildman–Crippen LogP) is 2.55. The summed E-state index contributed by atoms with van der Waals surface area (Å²) in [6, 6.07) is 9.98. The Morgan fingerprint density at radius 1 is 1.20 bits per heavy atom. The summed E-state index contributed by atoms with van der Waals surface area (Å²) in [5, 5.41) is 11.1. The Bertz CT molecular complexity index is 1250. The van der Waals surface area contributed by atoms with Crippen LogP contribution in [0.3, 0.4) is 0 Å². The molecule has 12 heteroatoms. The molecule has 0 fully saturated rings. The van der Waals surface area contributed by atoms with E-state index in [-0.39, 0.29) is 22.9 Å². The smallest absolute Gasteiger partial charge is 0.414 e. The van der Waals surface area contributed by atoms with Crippen LogP contribution >= 0.6 is 11.6 Å². The third kappa shape index (κ3) is 6.44. The van der Waals surface area contributed by atoms with Crippen LogP contribution in [0.1, 0.15) is 11.1 Å². The largest absolute Gasteiger partial charge is 0.460 e. The van der Waals surface area contributed by atoms with E-state index in [0.717, 1.165) is 11.1 Å². The molecular formula is C23H29ClN4O6S. The van der Waals surface area contributed by atoms with Crippen LogP contribution in [0.4, 0.5) is 10.5 Å². The van der Waals surface area contributed by atoms with Crippen molar-refractivity contribution in [3.8, 4) is 11.5 Å². The first kappa shape index (κ1) is 26.8. The maximum Gasteiger partial charge on any atom is 0.414 e. The Morgan fingerprint density at radius 3 is 2.54 bits per heavy atom. The van der Waals surface area contributed by atoms with Gasteiger partial charge >= 0.3 is 6.09 Å². The lowest BCUT2D eigenvalue weighted by atomic mass is 9.91. The first-order valence-electron chi connectivity index (χ1n) is 10.7. The van der Waals surface area contributed by atoms with Crippen molar-refractivity contribution in [3.63, 3.8) is 0 Å². The van der Waals surface area contributed by atoms with Crippen LogP contribution in [-0.2, 0) is 16.6 Å². The van der Waals surface area contributed by atoms with E-state index < -0.39 is 22.6 Å². The van der Waals surface area contributed by atoms with Crippen molar-refractivity contribution in [3.05, 3.63) is 58.1 Å². The van der Waals surface area contributed by atoms with Gasteiger partial charge in [-0.25, -0.2) is 9.52 Å². The molecule has 0 spiro atoms. The van der Waals surface area contributed by atoms with Crippen LogP contribution in [0.2, 0.25) is 5.02 Å². The molecule has 0 saturated carbocycles. The van der Waals surface area contributed by atoms with E-state index in [4.69, 9.17) is 21.1 Å². The molecular weight excluding hydrogens is 496 g/mol. The Kier molecular flexibility index (Phi) is 8.29. The molecule has 1 unspecified atom stereocenters. The zero-order valence-electron chi connectivity index (χ0n) is 20.1. The van der Waals surface area contributed by atoms with E-state index in [9.17, 15) is 18.3 Å². The molecule has 1 amide bonds. The van der Waals surface area contributed by atoms with E-state index >= 15 is 0 Å². The van der Waals surface area contributed by atoms with Gasteiger partial charge in [-0.2, -0.15) is 8.42 Å². The lowest BCUT2D eigenvalue weighted by Crippen LogP contribution is -2.29. The molecule has 0 bridgehead atoms. The summed E-state index contributed by atoms with van der Waals surface area (Å²) in [7, 11) is 4.49. The van der Waals surface area contributed by atoms with Crippen molar-refractivity contribution < 1.29 is 27.8 Å². The first-order chi connectivity index (χ1) is 16.4. The van der Waals surface area contributed by atoms with Crippen molar-refractivity contribution in [2.24, 2.45) is 0 Å². The fourth-order valence-electron chi connectivity index (χ4n) is 3.51. The van der Waals surface area contributed by atoms with Crippen molar-refractivity contribution in [1.29, 1.82) is 0 Å². The molecule has 1 aliphatic rings. The van der Waals surface area contributed by atoms with Crippen LogP contribution in [0, 0.1) is 0 Å². The number of halogens is 1. The summed E-state index contributed by atoms with van der Waals surface area (Å²) >= 11 is 6.52. The number of likely N-dealkylation sites (N-methyl/N-ethyl adjacent to an activating group) is 1. The van der Waals surface area contributed by atoms with E-state index in [1.807, 2.05) is 19.0 Å². The topological polar surface area (TPSA) is 120 Å². The number of carbonyl (C=O) groups excluding carboxylic acids is 1. The Labute approximate surface area is 210 Å². The number of aliphatic hydroxyl groups excluding tert-OH is 1. The van der Waals surface area contributed by atoms with Gasteiger partial charge in [0.2, 0.25) is 6.29 Å². The Hall–Kier alpha value is -2.83. The molecule has 0 aliphatic carbocycles. The first-order valence-corrected chi connectivity index (χ1v) is 12.5. The summed E-state index contributed by atoms with van der Waals surface area (Å²) in [5.74, 6) is 0.665. The number of anilines is 1. The number of hydrogen-bond acceptors (Lipinski definition) is 7. The molecule has 10 nitrogen and oxygen atoms in total. The zero-order chi connectivity index (χ0) is 25.9. The normalized spacial score (nSPS) is 15.5. The number of benzene rings is 2. The number of nitrogens with one attached hydrogen (secondary N) is 2. The molecule has 2 aromatic carbocycles. The average molecular weight is 525 g/mol. The molecule has 190 valence electrons. The Balaban J connectivity index is 2.02. The highest BCUT2D eigenvalue weighted by Gasteiger charge is 2.29. The average Bonchev–Trinajstić information content (AvgIpc) is 2.77. The number of ether oxygens (including phenoxy) is 2. The summed E-state index contributed by atoms with van der Waals surface area (Å²) in [4.78, 5) is 15.2. The van der Waals surface area contributed by atoms with E-state index in [1.165, 1.54) is 11.9 Å². The minimum atomic E-state index is -3.76. The minimum Gasteiger partial charge on any atom is -0.460 e. The van der Waals surface area contributed by atoms with Gasteiger partial charge in [0.1, 0.15) is 11.5 Å². The number of aliphatic hydroxyl groups is 1. The van der Waals surface area contributed by atoms with Gasteiger partial charge in [-0.1, -0.05) is 23.7 Å². The number of fused-ring (bicyclic) bond motifs is 1. The van der Waals surface area contributed by atoms with Crippen molar-refractivity contribution in [2.45, 2.75) is 12.7 Å². The maximum atomic E-state index is 11.9. The van der Waals surface area contributed by atoms with E-state index in [0.29, 0.717) is 23.4 Å². The zero-order valence-corrected chi connectivity index (χ0v) is 21.7. The van der Waals surface area contributed by atoms with Crippen LogP contribution in [0.15, 0.2) is 42.0 Å². The van der Waals surface area contributed by atoms with Gasteiger partial charge in [0.15, 0.2) is 0 Å². The van der Waals surface area contributed by atoms with Gasteiger partial charge in [0.05, 0.1) is 10.7 Å².